The number of benzene rings is 2. The molecule has 0 saturated carbocycles. The maximum atomic E-state index is 13.3. The van der Waals surface area contributed by atoms with Gasteiger partial charge in [0.05, 0.1) is 16.9 Å². The van der Waals surface area contributed by atoms with Crippen molar-refractivity contribution in [2.75, 3.05) is 11.1 Å². The highest BCUT2D eigenvalue weighted by Crippen LogP contribution is 2.21. The zero-order chi connectivity index (χ0) is 14.7. The molecule has 20 heavy (non-hydrogen) atoms. The Bertz CT molecular complexity index is 725. The Hall–Kier alpha value is -2.58. The second kappa shape index (κ2) is 5.59. The van der Waals surface area contributed by atoms with E-state index in [-0.39, 0.29) is 22.5 Å². The first kappa shape index (κ1) is 13.8. The van der Waals surface area contributed by atoms with Crippen molar-refractivity contribution in [3.8, 4) is 6.07 Å². The van der Waals surface area contributed by atoms with Crippen LogP contribution in [0.4, 0.5) is 15.8 Å². The number of hydrogen-bond donors (Lipinski definition) is 2. The summed E-state index contributed by atoms with van der Waals surface area (Å²) >= 11 is 5.81. The van der Waals surface area contributed by atoms with E-state index in [2.05, 4.69) is 5.32 Å². The lowest BCUT2D eigenvalue weighted by Gasteiger charge is -2.08. The third-order valence-electron chi connectivity index (χ3n) is 2.61. The highest BCUT2D eigenvalue weighted by atomic mass is 35.5. The molecule has 0 fully saturated rings. The lowest BCUT2D eigenvalue weighted by molar-refractivity contribution is 0.102. The molecule has 0 heterocycles. The lowest BCUT2D eigenvalue weighted by atomic mass is 10.1. The van der Waals surface area contributed by atoms with Crippen LogP contribution in [-0.4, -0.2) is 5.91 Å². The van der Waals surface area contributed by atoms with Gasteiger partial charge in [-0.1, -0.05) is 11.6 Å². The van der Waals surface area contributed by atoms with Gasteiger partial charge in [0.25, 0.3) is 5.91 Å². The molecule has 4 nitrogen and oxygen atoms in total. The number of nitrogens with two attached hydrogens (primary N) is 1. The topological polar surface area (TPSA) is 78.9 Å². The second-order valence-electron chi connectivity index (χ2n) is 3.99. The summed E-state index contributed by atoms with van der Waals surface area (Å²) in [7, 11) is 0. The van der Waals surface area contributed by atoms with Crippen molar-refractivity contribution in [3.05, 3.63) is 58.4 Å². The normalized spacial score (nSPS) is 9.85. The largest absolute Gasteiger partial charge is 0.396 e. The third kappa shape index (κ3) is 2.87. The fraction of sp³-hybridized carbons (Fsp3) is 0. The second-order valence-corrected chi connectivity index (χ2v) is 4.43. The number of nitriles is 1. The number of carbonyl (C=O) groups is 1. The summed E-state index contributed by atoms with van der Waals surface area (Å²) in [4.78, 5) is 12.0. The maximum absolute atomic E-state index is 13.3. The molecular formula is C14H9ClFN3O. The zero-order valence-electron chi connectivity index (χ0n) is 10.2. The molecular weight excluding hydrogens is 281 g/mol. The standard InChI is InChI=1S/C14H9ClFN3O/c15-10-3-1-9(7-17)13(6-10)19-14(20)8-2-4-12(18)11(16)5-8/h1-6H,18H2,(H,19,20). The highest BCUT2D eigenvalue weighted by Gasteiger charge is 2.11. The molecule has 0 spiro atoms. The third-order valence-corrected chi connectivity index (χ3v) is 2.85. The first-order valence-electron chi connectivity index (χ1n) is 5.57. The quantitative estimate of drug-likeness (QED) is 0.833. The summed E-state index contributed by atoms with van der Waals surface area (Å²) in [6, 6.07) is 10.1. The Morgan fingerprint density at radius 2 is 2.05 bits per heavy atom. The van der Waals surface area contributed by atoms with Gasteiger partial charge in [-0.05, 0) is 36.4 Å². The van der Waals surface area contributed by atoms with Crippen LogP contribution in [0.15, 0.2) is 36.4 Å². The number of nitrogens with zero attached hydrogens (tertiary/aromatic N) is 1. The summed E-state index contributed by atoms with van der Waals surface area (Å²) in [5, 5.41) is 11.8. The molecule has 2 rings (SSSR count). The van der Waals surface area contributed by atoms with E-state index in [1.54, 1.807) is 6.07 Å². The first-order valence-corrected chi connectivity index (χ1v) is 5.95. The Kier molecular flexibility index (Phi) is 3.87. The highest BCUT2D eigenvalue weighted by molar-refractivity contribution is 6.31. The van der Waals surface area contributed by atoms with Crippen molar-refractivity contribution >= 4 is 28.9 Å². The minimum Gasteiger partial charge on any atom is -0.396 e. The monoisotopic (exact) mass is 289 g/mol. The molecule has 3 N–H and O–H groups in total. The molecule has 0 aliphatic heterocycles. The number of hydrogen-bond acceptors (Lipinski definition) is 3. The average Bonchev–Trinajstić information content (AvgIpc) is 2.42. The van der Waals surface area contributed by atoms with Gasteiger partial charge in [0.15, 0.2) is 0 Å². The Labute approximate surface area is 119 Å². The molecule has 2 aromatic carbocycles. The molecule has 0 aliphatic carbocycles. The van der Waals surface area contributed by atoms with E-state index in [9.17, 15) is 9.18 Å². The van der Waals surface area contributed by atoms with Crippen molar-refractivity contribution in [1.29, 1.82) is 5.26 Å². The molecule has 0 aromatic heterocycles. The summed E-state index contributed by atoms with van der Waals surface area (Å²) < 4.78 is 13.3. The van der Waals surface area contributed by atoms with Crippen molar-refractivity contribution in [1.82, 2.24) is 0 Å². The molecule has 0 radical (unpaired) electrons. The van der Waals surface area contributed by atoms with Crippen LogP contribution in [0.2, 0.25) is 5.02 Å². The summed E-state index contributed by atoms with van der Waals surface area (Å²) in [5.74, 6) is -1.23. The first-order chi connectivity index (χ1) is 9.51. The van der Waals surface area contributed by atoms with Crippen LogP contribution in [0.5, 0.6) is 0 Å². The van der Waals surface area contributed by atoms with Crippen LogP contribution in [0.25, 0.3) is 0 Å². The molecule has 0 aliphatic rings. The van der Waals surface area contributed by atoms with Crippen LogP contribution < -0.4 is 11.1 Å². The number of halogens is 2. The van der Waals surface area contributed by atoms with Crippen LogP contribution in [0, 0.1) is 17.1 Å². The summed E-state index contributed by atoms with van der Waals surface area (Å²) in [6.07, 6.45) is 0. The minimum atomic E-state index is -0.677. The van der Waals surface area contributed by atoms with E-state index in [1.165, 1.54) is 24.3 Å². The van der Waals surface area contributed by atoms with Crippen LogP contribution in [0.3, 0.4) is 0 Å². The van der Waals surface area contributed by atoms with Gasteiger partial charge in [0, 0.05) is 10.6 Å². The molecule has 100 valence electrons. The minimum absolute atomic E-state index is 0.0398. The van der Waals surface area contributed by atoms with E-state index in [1.807, 2.05) is 6.07 Å². The van der Waals surface area contributed by atoms with Gasteiger partial charge in [0.2, 0.25) is 0 Å². The Morgan fingerprint density at radius 3 is 2.70 bits per heavy atom. The number of anilines is 2. The Morgan fingerprint density at radius 1 is 1.30 bits per heavy atom. The predicted molar refractivity (Wildman–Crippen MR) is 74.9 cm³/mol. The molecule has 0 saturated heterocycles. The number of nitrogen functional groups attached to an aromatic ring is 1. The van der Waals surface area contributed by atoms with Gasteiger partial charge in [0.1, 0.15) is 11.9 Å². The van der Waals surface area contributed by atoms with Gasteiger partial charge < -0.3 is 11.1 Å². The number of nitrogens with one attached hydrogen (secondary N) is 1. The maximum Gasteiger partial charge on any atom is 0.255 e. The molecule has 0 bridgehead atoms. The summed E-state index contributed by atoms with van der Waals surface area (Å²) in [5.41, 5.74) is 5.93. The van der Waals surface area contributed by atoms with E-state index in [4.69, 9.17) is 22.6 Å². The van der Waals surface area contributed by atoms with Crippen LogP contribution in [0.1, 0.15) is 15.9 Å². The molecule has 2 aromatic rings. The van der Waals surface area contributed by atoms with Crippen LogP contribution >= 0.6 is 11.6 Å². The number of carbonyl (C=O) groups excluding carboxylic acids is 1. The van der Waals surface area contributed by atoms with Gasteiger partial charge in [-0.3, -0.25) is 4.79 Å². The van der Waals surface area contributed by atoms with Crippen LogP contribution in [-0.2, 0) is 0 Å². The number of amides is 1. The molecule has 6 heteroatoms. The van der Waals surface area contributed by atoms with Gasteiger partial charge >= 0.3 is 0 Å². The van der Waals surface area contributed by atoms with Crippen molar-refractivity contribution in [2.24, 2.45) is 0 Å². The SMILES string of the molecule is N#Cc1ccc(Cl)cc1NC(=O)c1ccc(N)c(F)c1. The molecule has 0 atom stereocenters. The smallest absolute Gasteiger partial charge is 0.255 e. The van der Waals surface area contributed by atoms with E-state index >= 15 is 0 Å². The van der Waals surface area contributed by atoms with E-state index in [0.717, 1.165) is 6.07 Å². The van der Waals surface area contributed by atoms with Gasteiger partial charge in [-0.15, -0.1) is 0 Å². The fourth-order valence-electron chi connectivity index (χ4n) is 1.58. The fourth-order valence-corrected chi connectivity index (χ4v) is 1.75. The Balaban J connectivity index is 2.30. The van der Waals surface area contributed by atoms with Gasteiger partial charge in [-0.2, -0.15) is 5.26 Å². The average molecular weight is 290 g/mol. The molecule has 1 amide bonds. The van der Waals surface area contributed by atoms with E-state index < -0.39 is 11.7 Å². The van der Waals surface area contributed by atoms with Crippen molar-refractivity contribution in [2.45, 2.75) is 0 Å². The lowest BCUT2D eigenvalue weighted by Crippen LogP contribution is -2.13. The van der Waals surface area contributed by atoms with Crippen molar-refractivity contribution in [3.63, 3.8) is 0 Å². The predicted octanol–water partition coefficient (Wildman–Crippen LogP) is 3.19. The summed E-state index contributed by atoms with van der Waals surface area (Å²) in [6.45, 7) is 0. The van der Waals surface area contributed by atoms with Gasteiger partial charge in [-0.25, -0.2) is 4.39 Å². The number of rotatable bonds is 2. The van der Waals surface area contributed by atoms with Crippen molar-refractivity contribution < 1.29 is 9.18 Å². The molecule has 0 unspecified atom stereocenters. The van der Waals surface area contributed by atoms with E-state index in [0.29, 0.717) is 5.02 Å². The zero-order valence-corrected chi connectivity index (χ0v) is 10.9.